The third kappa shape index (κ3) is 5.07. The third-order valence-electron chi connectivity index (χ3n) is 3.87. The second-order valence-electron chi connectivity index (χ2n) is 5.25. The van der Waals surface area contributed by atoms with Gasteiger partial charge in [-0.2, -0.15) is 0 Å². The van der Waals surface area contributed by atoms with Crippen molar-refractivity contribution in [2.24, 2.45) is 5.92 Å². The predicted molar refractivity (Wildman–Crippen MR) is 93.5 cm³/mol. The van der Waals surface area contributed by atoms with E-state index in [2.05, 4.69) is 5.32 Å². The summed E-state index contributed by atoms with van der Waals surface area (Å²) in [5.74, 6) is 0.442. The van der Waals surface area contributed by atoms with Crippen molar-refractivity contribution in [1.29, 1.82) is 0 Å². The van der Waals surface area contributed by atoms with Gasteiger partial charge < -0.3 is 10.2 Å². The molecular formula is C15H21ClFIN2O. The molecule has 0 bridgehead atoms. The lowest BCUT2D eigenvalue weighted by molar-refractivity contribution is 0.0686. The van der Waals surface area contributed by atoms with Crippen LogP contribution in [0.1, 0.15) is 29.6 Å². The van der Waals surface area contributed by atoms with Gasteiger partial charge in [-0.05, 0) is 79.6 Å². The van der Waals surface area contributed by atoms with Gasteiger partial charge in [-0.1, -0.05) is 0 Å². The van der Waals surface area contributed by atoms with Crippen molar-refractivity contribution in [3.8, 4) is 0 Å². The maximum Gasteiger partial charge on any atom is 0.254 e. The van der Waals surface area contributed by atoms with Crippen LogP contribution in [0.25, 0.3) is 0 Å². The number of halogens is 3. The summed E-state index contributed by atoms with van der Waals surface area (Å²) < 4.78 is 13.8. The molecule has 1 fully saturated rings. The number of hydrogen-bond donors (Lipinski definition) is 1. The van der Waals surface area contributed by atoms with Gasteiger partial charge in [-0.15, -0.1) is 12.4 Å². The molecule has 118 valence electrons. The molecule has 1 aliphatic rings. The van der Waals surface area contributed by atoms with Crippen molar-refractivity contribution in [3.63, 3.8) is 0 Å². The Morgan fingerprint density at radius 1 is 1.43 bits per heavy atom. The Balaban J connectivity index is 0.00000220. The van der Waals surface area contributed by atoms with Crippen LogP contribution in [0, 0.1) is 15.3 Å². The quantitative estimate of drug-likeness (QED) is 0.749. The van der Waals surface area contributed by atoms with E-state index in [-0.39, 0.29) is 24.1 Å². The molecule has 1 aliphatic heterocycles. The summed E-state index contributed by atoms with van der Waals surface area (Å²) in [4.78, 5) is 14.3. The zero-order valence-electron chi connectivity index (χ0n) is 12.1. The van der Waals surface area contributed by atoms with E-state index < -0.39 is 0 Å². The number of rotatable bonds is 4. The van der Waals surface area contributed by atoms with Gasteiger partial charge in [0.2, 0.25) is 0 Å². The monoisotopic (exact) mass is 426 g/mol. The number of likely N-dealkylation sites (tertiary alicyclic amines) is 1. The molecule has 0 aliphatic carbocycles. The molecule has 3 nitrogen and oxygen atoms in total. The molecule has 6 heteroatoms. The summed E-state index contributed by atoms with van der Waals surface area (Å²) in [5, 5.41) is 3.17. The first-order valence-electron chi connectivity index (χ1n) is 7.00. The minimum atomic E-state index is -0.295. The molecule has 1 N–H and O–H groups in total. The van der Waals surface area contributed by atoms with Crippen molar-refractivity contribution in [3.05, 3.63) is 33.1 Å². The lowest BCUT2D eigenvalue weighted by Crippen LogP contribution is -2.39. The van der Waals surface area contributed by atoms with Crippen molar-refractivity contribution >= 4 is 40.9 Å². The Morgan fingerprint density at radius 3 is 2.67 bits per heavy atom. The van der Waals surface area contributed by atoms with Crippen LogP contribution in [0.2, 0.25) is 0 Å². The molecule has 0 aromatic heterocycles. The van der Waals surface area contributed by atoms with Gasteiger partial charge in [0.05, 0.1) is 5.56 Å². The average molecular weight is 427 g/mol. The van der Waals surface area contributed by atoms with Gasteiger partial charge in [0.25, 0.3) is 5.91 Å². The summed E-state index contributed by atoms with van der Waals surface area (Å²) in [6.45, 7) is 2.65. The Kier molecular flexibility index (Phi) is 7.90. The van der Waals surface area contributed by atoms with E-state index in [1.807, 2.05) is 34.5 Å². The van der Waals surface area contributed by atoms with Crippen LogP contribution in [-0.2, 0) is 0 Å². The van der Waals surface area contributed by atoms with E-state index in [0.717, 1.165) is 32.5 Å². The molecule has 1 saturated heterocycles. The van der Waals surface area contributed by atoms with Crippen LogP contribution in [-0.4, -0.2) is 37.5 Å². The zero-order valence-corrected chi connectivity index (χ0v) is 15.0. The van der Waals surface area contributed by atoms with Gasteiger partial charge in [-0.3, -0.25) is 4.79 Å². The predicted octanol–water partition coefficient (Wildman–Crippen LogP) is 3.31. The highest BCUT2D eigenvalue weighted by molar-refractivity contribution is 14.1. The standard InChI is InChI=1S/C15H20FIN2O.ClH/c1-18-7-4-11-5-8-19(9-6-11)15(20)13-3-2-12(16)10-14(13)17;/h2-3,10-11,18H,4-9H2,1H3;1H. The highest BCUT2D eigenvalue weighted by Crippen LogP contribution is 2.23. The van der Waals surface area contributed by atoms with Crippen molar-refractivity contribution in [2.75, 3.05) is 26.7 Å². The van der Waals surface area contributed by atoms with Crippen molar-refractivity contribution < 1.29 is 9.18 Å². The number of carbonyl (C=O) groups excluding carboxylic acids is 1. The first kappa shape index (κ1) is 18.6. The minimum absolute atomic E-state index is 0. The third-order valence-corrected chi connectivity index (χ3v) is 4.76. The first-order chi connectivity index (χ1) is 9.61. The number of amides is 1. The average Bonchev–Trinajstić information content (AvgIpc) is 2.45. The first-order valence-corrected chi connectivity index (χ1v) is 8.08. The summed E-state index contributed by atoms with van der Waals surface area (Å²) in [5.41, 5.74) is 0.612. The van der Waals surface area contributed by atoms with Crippen LogP contribution in [0.3, 0.4) is 0 Å². The molecule has 1 aromatic rings. The van der Waals surface area contributed by atoms with Crippen molar-refractivity contribution in [1.82, 2.24) is 10.2 Å². The molecule has 1 aromatic carbocycles. The second kappa shape index (κ2) is 8.90. The summed E-state index contributed by atoms with van der Waals surface area (Å²) >= 11 is 2.02. The summed E-state index contributed by atoms with van der Waals surface area (Å²) in [6.07, 6.45) is 3.29. The molecule has 2 rings (SSSR count). The molecule has 1 heterocycles. The maximum atomic E-state index is 13.1. The van der Waals surface area contributed by atoms with Gasteiger partial charge in [0.1, 0.15) is 5.82 Å². The van der Waals surface area contributed by atoms with Crippen molar-refractivity contribution in [2.45, 2.75) is 19.3 Å². The van der Waals surface area contributed by atoms with Crippen LogP contribution >= 0.6 is 35.0 Å². The molecule has 0 saturated carbocycles. The fourth-order valence-corrected chi connectivity index (χ4v) is 3.31. The smallest absolute Gasteiger partial charge is 0.254 e. The Hall–Kier alpha value is -0.400. The molecule has 0 unspecified atom stereocenters. The van der Waals surface area contributed by atoms with E-state index in [0.29, 0.717) is 15.1 Å². The van der Waals surface area contributed by atoms with Crippen LogP contribution in [0.4, 0.5) is 4.39 Å². The Bertz CT molecular complexity index is 479. The largest absolute Gasteiger partial charge is 0.339 e. The van der Waals surface area contributed by atoms with Gasteiger partial charge in [0, 0.05) is 16.7 Å². The molecule has 21 heavy (non-hydrogen) atoms. The maximum absolute atomic E-state index is 13.1. The van der Waals surface area contributed by atoms with Gasteiger partial charge in [0.15, 0.2) is 0 Å². The summed E-state index contributed by atoms with van der Waals surface area (Å²) in [6, 6.07) is 4.36. The minimum Gasteiger partial charge on any atom is -0.339 e. The molecule has 0 atom stereocenters. The highest BCUT2D eigenvalue weighted by Gasteiger charge is 2.24. The number of piperidine rings is 1. The Morgan fingerprint density at radius 2 is 2.10 bits per heavy atom. The zero-order chi connectivity index (χ0) is 14.5. The van der Waals surface area contributed by atoms with Gasteiger partial charge >= 0.3 is 0 Å². The number of hydrogen-bond acceptors (Lipinski definition) is 2. The van der Waals surface area contributed by atoms with Crippen LogP contribution in [0.15, 0.2) is 18.2 Å². The lowest BCUT2D eigenvalue weighted by atomic mass is 9.93. The van der Waals surface area contributed by atoms with Crippen LogP contribution in [0.5, 0.6) is 0 Å². The Labute approximate surface area is 145 Å². The number of carbonyl (C=O) groups is 1. The number of benzene rings is 1. The van der Waals surface area contributed by atoms with E-state index in [9.17, 15) is 9.18 Å². The lowest BCUT2D eigenvalue weighted by Gasteiger charge is -2.32. The fourth-order valence-electron chi connectivity index (χ4n) is 2.61. The SMILES string of the molecule is CNCCC1CCN(C(=O)c2ccc(F)cc2I)CC1.Cl. The van der Waals surface area contributed by atoms with Crippen LogP contribution < -0.4 is 5.32 Å². The van der Waals surface area contributed by atoms with E-state index >= 15 is 0 Å². The van der Waals surface area contributed by atoms with E-state index in [4.69, 9.17) is 0 Å². The normalized spacial score (nSPS) is 15.7. The molecule has 0 radical (unpaired) electrons. The fraction of sp³-hybridized carbons (Fsp3) is 0.533. The van der Waals surface area contributed by atoms with E-state index in [1.54, 1.807) is 6.07 Å². The number of nitrogens with one attached hydrogen (secondary N) is 1. The molecular weight excluding hydrogens is 406 g/mol. The second-order valence-corrected chi connectivity index (χ2v) is 6.41. The topological polar surface area (TPSA) is 32.3 Å². The van der Waals surface area contributed by atoms with Gasteiger partial charge in [-0.25, -0.2) is 4.39 Å². The molecule has 1 amide bonds. The van der Waals surface area contributed by atoms with E-state index in [1.165, 1.54) is 18.6 Å². The highest BCUT2D eigenvalue weighted by atomic mass is 127. The number of nitrogens with zero attached hydrogens (tertiary/aromatic N) is 1. The summed E-state index contributed by atoms with van der Waals surface area (Å²) in [7, 11) is 1.97. The molecule has 0 spiro atoms.